The zero-order valence-electron chi connectivity index (χ0n) is 16.9. The molecule has 0 radical (unpaired) electrons. The highest BCUT2D eigenvalue weighted by Crippen LogP contribution is 2.25. The third kappa shape index (κ3) is 6.09. The number of hydrogen-bond donors (Lipinski definition) is 2. The summed E-state index contributed by atoms with van der Waals surface area (Å²) in [5.74, 6) is 0.217. The fraction of sp³-hybridized carbons (Fsp3) is 0.174. The van der Waals surface area contributed by atoms with E-state index in [4.69, 9.17) is 4.74 Å². The third-order valence-electron chi connectivity index (χ3n) is 4.42. The van der Waals surface area contributed by atoms with Gasteiger partial charge in [0, 0.05) is 12.0 Å². The van der Waals surface area contributed by atoms with Crippen LogP contribution in [0.15, 0.2) is 72.8 Å². The molecule has 3 aromatic rings. The second-order valence-corrected chi connectivity index (χ2v) is 8.69. The van der Waals surface area contributed by atoms with Crippen LogP contribution in [0.1, 0.15) is 21.5 Å². The van der Waals surface area contributed by atoms with Gasteiger partial charge in [0.15, 0.2) is 0 Å². The Morgan fingerprint density at radius 3 is 2.37 bits per heavy atom. The maximum atomic E-state index is 12.7. The normalized spacial score (nSPS) is 11.0. The molecule has 3 rings (SSSR count). The van der Waals surface area contributed by atoms with Crippen molar-refractivity contribution in [1.29, 1.82) is 0 Å². The molecule has 3 aromatic carbocycles. The molecule has 2 N–H and O–H groups in total. The molecule has 0 heterocycles. The van der Waals surface area contributed by atoms with E-state index in [1.165, 1.54) is 11.6 Å². The van der Waals surface area contributed by atoms with Crippen molar-refractivity contribution >= 4 is 27.3 Å². The number of ether oxygens (including phenoxy) is 1. The number of rotatable bonds is 8. The Hall–Kier alpha value is -3.32. The van der Waals surface area contributed by atoms with Crippen molar-refractivity contribution < 1.29 is 17.9 Å². The lowest BCUT2D eigenvalue weighted by molar-refractivity contribution is 0.102. The maximum absolute atomic E-state index is 12.7. The van der Waals surface area contributed by atoms with Crippen LogP contribution in [-0.2, 0) is 16.4 Å². The molecule has 0 spiro atoms. The lowest BCUT2D eigenvalue weighted by atomic mass is 10.1. The van der Waals surface area contributed by atoms with Crippen LogP contribution in [0, 0.1) is 6.92 Å². The molecule has 0 atom stereocenters. The molecule has 0 unspecified atom stereocenters. The van der Waals surface area contributed by atoms with E-state index in [2.05, 4.69) is 10.0 Å². The van der Waals surface area contributed by atoms with Gasteiger partial charge in [-0.15, -0.1) is 0 Å². The molecule has 7 heteroatoms. The average Bonchev–Trinajstić information content (AvgIpc) is 2.70. The second kappa shape index (κ2) is 9.45. The van der Waals surface area contributed by atoms with Gasteiger partial charge in [0.25, 0.3) is 5.91 Å². The first-order valence-electron chi connectivity index (χ1n) is 9.47. The van der Waals surface area contributed by atoms with Gasteiger partial charge in [0.1, 0.15) is 5.75 Å². The first kappa shape index (κ1) is 21.4. The molecule has 0 saturated carbocycles. The first-order valence-corrected chi connectivity index (χ1v) is 11.4. The van der Waals surface area contributed by atoms with Crippen LogP contribution >= 0.6 is 0 Å². The van der Waals surface area contributed by atoms with Crippen molar-refractivity contribution in [1.82, 2.24) is 0 Å². The molecule has 0 aromatic heterocycles. The standard InChI is InChI=1S/C23H24N2O4S/c1-17-12-13-19(16-21(17)25-30(2,27)28)23(26)24-20-10-6-7-11-22(20)29-15-14-18-8-4-3-5-9-18/h3-13,16,25H,14-15H2,1-2H3,(H,24,26). The van der Waals surface area contributed by atoms with Gasteiger partial charge in [-0.3, -0.25) is 9.52 Å². The fourth-order valence-corrected chi connectivity index (χ4v) is 3.51. The highest BCUT2D eigenvalue weighted by molar-refractivity contribution is 7.92. The number of hydrogen-bond acceptors (Lipinski definition) is 4. The summed E-state index contributed by atoms with van der Waals surface area (Å²) in [5, 5.41) is 2.84. The molecule has 0 fully saturated rings. The van der Waals surface area contributed by atoms with Crippen molar-refractivity contribution in [3.8, 4) is 5.75 Å². The quantitative estimate of drug-likeness (QED) is 0.566. The van der Waals surface area contributed by atoms with E-state index in [-0.39, 0.29) is 5.91 Å². The Morgan fingerprint density at radius 2 is 1.63 bits per heavy atom. The van der Waals surface area contributed by atoms with E-state index in [0.717, 1.165) is 18.2 Å². The van der Waals surface area contributed by atoms with Crippen LogP contribution in [0.25, 0.3) is 0 Å². The first-order chi connectivity index (χ1) is 14.3. The van der Waals surface area contributed by atoms with E-state index in [1.807, 2.05) is 42.5 Å². The summed E-state index contributed by atoms with van der Waals surface area (Å²) in [6, 6.07) is 22.1. The lowest BCUT2D eigenvalue weighted by Crippen LogP contribution is -2.15. The minimum atomic E-state index is -3.44. The smallest absolute Gasteiger partial charge is 0.255 e. The monoisotopic (exact) mass is 424 g/mol. The van der Waals surface area contributed by atoms with Gasteiger partial charge in [-0.05, 0) is 42.3 Å². The average molecular weight is 425 g/mol. The summed E-state index contributed by atoms with van der Waals surface area (Å²) >= 11 is 0. The summed E-state index contributed by atoms with van der Waals surface area (Å²) in [5.41, 5.74) is 3.16. The van der Waals surface area contributed by atoms with Crippen LogP contribution in [-0.4, -0.2) is 27.2 Å². The fourth-order valence-electron chi connectivity index (χ4n) is 2.89. The molecule has 0 saturated heterocycles. The molecule has 30 heavy (non-hydrogen) atoms. The van der Waals surface area contributed by atoms with Gasteiger partial charge in [-0.1, -0.05) is 48.5 Å². The number of sulfonamides is 1. The second-order valence-electron chi connectivity index (χ2n) is 6.94. The number of carbonyl (C=O) groups excluding carboxylic acids is 1. The summed E-state index contributed by atoms with van der Waals surface area (Å²) in [7, 11) is -3.44. The summed E-state index contributed by atoms with van der Waals surface area (Å²) in [4.78, 5) is 12.7. The zero-order chi connectivity index (χ0) is 21.6. The molecule has 0 aliphatic heterocycles. The van der Waals surface area contributed by atoms with Crippen LogP contribution < -0.4 is 14.8 Å². The van der Waals surface area contributed by atoms with E-state index in [9.17, 15) is 13.2 Å². The van der Waals surface area contributed by atoms with Crippen LogP contribution in [0.4, 0.5) is 11.4 Å². The van der Waals surface area contributed by atoms with Crippen molar-refractivity contribution in [3.05, 3.63) is 89.5 Å². The third-order valence-corrected chi connectivity index (χ3v) is 5.01. The summed E-state index contributed by atoms with van der Waals surface area (Å²) in [6.07, 6.45) is 1.82. The molecule has 0 aliphatic carbocycles. The molecule has 156 valence electrons. The Bertz CT molecular complexity index is 1130. The predicted octanol–water partition coefficient (Wildman–Crippen LogP) is 4.24. The number of amides is 1. The Kier molecular flexibility index (Phi) is 6.74. The molecular weight excluding hydrogens is 400 g/mol. The lowest BCUT2D eigenvalue weighted by Gasteiger charge is -2.14. The van der Waals surface area contributed by atoms with E-state index >= 15 is 0 Å². The molecule has 1 amide bonds. The molecule has 0 bridgehead atoms. The van der Waals surface area contributed by atoms with Crippen molar-refractivity contribution in [3.63, 3.8) is 0 Å². The molecule has 6 nitrogen and oxygen atoms in total. The number of para-hydroxylation sites is 2. The zero-order valence-corrected chi connectivity index (χ0v) is 17.7. The SMILES string of the molecule is Cc1ccc(C(=O)Nc2ccccc2OCCc2ccccc2)cc1NS(C)(=O)=O. The van der Waals surface area contributed by atoms with E-state index < -0.39 is 10.0 Å². The van der Waals surface area contributed by atoms with Crippen molar-refractivity contribution in [2.24, 2.45) is 0 Å². The van der Waals surface area contributed by atoms with Gasteiger partial charge in [-0.25, -0.2) is 8.42 Å². The van der Waals surface area contributed by atoms with Crippen molar-refractivity contribution in [2.75, 3.05) is 22.9 Å². The molecule has 0 aliphatic rings. The maximum Gasteiger partial charge on any atom is 0.255 e. The Balaban J connectivity index is 1.70. The number of aryl methyl sites for hydroxylation is 1. The van der Waals surface area contributed by atoms with Gasteiger partial charge in [0.05, 0.1) is 24.2 Å². The number of nitrogens with one attached hydrogen (secondary N) is 2. The topological polar surface area (TPSA) is 84.5 Å². The summed E-state index contributed by atoms with van der Waals surface area (Å²) in [6.45, 7) is 2.24. The van der Waals surface area contributed by atoms with E-state index in [0.29, 0.717) is 29.3 Å². The highest BCUT2D eigenvalue weighted by atomic mass is 32.2. The van der Waals surface area contributed by atoms with Crippen molar-refractivity contribution in [2.45, 2.75) is 13.3 Å². The minimum Gasteiger partial charge on any atom is -0.491 e. The van der Waals surface area contributed by atoms with Gasteiger partial charge in [0.2, 0.25) is 10.0 Å². The minimum absolute atomic E-state index is 0.339. The predicted molar refractivity (Wildman–Crippen MR) is 120 cm³/mol. The number of anilines is 2. The number of benzene rings is 3. The highest BCUT2D eigenvalue weighted by Gasteiger charge is 2.13. The van der Waals surface area contributed by atoms with Crippen LogP contribution in [0.3, 0.4) is 0 Å². The Morgan fingerprint density at radius 1 is 0.933 bits per heavy atom. The van der Waals surface area contributed by atoms with Gasteiger partial charge < -0.3 is 10.1 Å². The van der Waals surface area contributed by atoms with Crippen LogP contribution in [0.2, 0.25) is 0 Å². The molecular formula is C23H24N2O4S. The van der Waals surface area contributed by atoms with E-state index in [1.54, 1.807) is 31.2 Å². The Labute approximate surface area is 177 Å². The summed E-state index contributed by atoms with van der Waals surface area (Å²) < 4.78 is 31.4. The van der Waals surface area contributed by atoms with Crippen LogP contribution in [0.5, 0.6) is 5.75 Å². The number of carbonyl (C=O) groups is 1. The largest absolute Gasteiger partial charge is 0.491 e. The van der Waals surface area contributed by atoms with Gasteiger partial charge >= 0.3 is 0 Å². The van der Waals surface area contributed by atoms with Gasteiger partial charge in [-0.2, -0.15) is 0 Å².